The van der Waals surface area contributed by atoms with Crippen molar-refractivity contribution >= 4 is 43.8 Å². The van der Waals surface area contributed by atoms with Crippen molar-refractivity contribution in [1.29, 1.82) is 0 Å². The average molecular weight is 486 g/mol. The minimum atomic E-state index is -0.620. The Labute approximate surface area is 168 Å². The quantitative estimate of drug-likeness (QED) is 0.388. The van der Waals surface area contributed by atoms with Gasteiger partial charge in [-0.3, -0.25) is 0 Å². The van der Waals surface area contributed by atoms with E-state index in [1.54, 1.807) is 43.3 Å². The number of carbonyl (C=O) groups excluding carboxylic acids is 2. The Hall–Kier alpha value is -1.86. The zero-order valence-corrected chi connectivity index (χ0v) is 17.6. The molecule has 138 valence electrons. The summed E-state index contributed by atoms with van der Waals surface area (Å²) in [5, 5.41) is 0. The number of esters is 2. The van der Waals surface area contributed by atoms with Crippen molar-refractivity contribution in [2.45, 2.75) is 20.3 Å². The van der Waals surface area contributed by atoms with E-state index in [4.69, 9.17) is 14.2 Å². The highest BCUT2D eigenvalue weighted by Crippen LogP contribution is 2.28. The topological polar surface area (TPSA) is 61.8 Å². The molecule has 0 aliphatic carbocycles. The standard InChI is InChI=1S/C19H18Br2O5/c1-3-9-25-16-7-5-12(20)10-14(16)19(23)26-17-8-6-13(21)11-15(17)18(22)24-4-2/h5-8,10-11H,3-4,9H2,1-2H3. The summed E-state index contributed by atoms with van der Waals surface area (Å²) in [6, 6.07) is 9.88. The Kier molecular flexibility index (Phi) is 7.66. The lowest BCUT2D eigenvalue weighted by molar-refractivity contribution is 0.0520. The van der Waals surface area contributed by atoms with Gasteiger partial charge in [-0.25, -0.2) is 9.59 Å². The fourth-order valence-electron chi connectivity index (χ4n) is 2.11. The first-order valence-corrected chi connectivity index (χ1v) is 9.66. The summed E-state index contributed by atoms with van der Waals surface area (Å²) >= 11 is 6.64. The molecule has 0 heterocycles. The van der Waals surface area contributed by atoms with E-state index in [0.717, 1.165) is 10.9 Å². The van der Waals surface area contributed by atoms with Crippen LogP contribution in [-0.4, -0.2) is 25.2 Å². The lowest BCUT2D eigenvalue weighted by Crippen LogP contribution is -2.14. The number of halogens is 2. The molecular formula is C19H18Br2O5. The second kappa shape index (κ2) is 9.73. The van der Waals surface area contributed by atoms with Gasteiger partial charge in [0.15, 0.2) is 0 Å². The molecule has 0 amide bonds. The third-order valence-corrected chi connectivity index (χ3v) is 4.25. The zero-order valence-electron chi connectivity index (χ0n) is 14.4. The molecule has 0 unspecified atom stereocenters. The summed E-state index contributed by atoms with van der Waals surface area (Å²) < 4.78 is 17.5. The van der Waals surface area contributed by atoms with Crippen LogP contribution in [0.4, 0.5) is 0 Å². The molecule has 0 atom stereocenters. The van der Waals surface area contributed by atoms with Crippen LogP contribution < -0.4 is 9.47 Å². The third-order valence-electron chi connectivity index (χ3n) is 3.26. The number of benzene rings is 2. The zero-order chi connectivity index (χ0) is 19.1. The van der Waals surface area contributed by atoms with Crippen molar-refractivity contribution in [3.63, 3.8) is 0 Å². The molecule has 0 aliphatic rings. The van der Waals surface area contributed by atoms with Gasteiger partial charge in [0.25, 0.3) is 0 Å². The van der Waals surface area contributed by atoms with Crippen LogP contribution in [0.3, 0.4) is 0 Å². The maximum atomic E-state index is 12.7. The van der Waals surface area contributed by atoms with Gasteiger partial charge in [-0.15, -0.1) is 0 Å². The molecular weight excluding hydrogens is 468 g/mol. The highest BCUT2D eigenvalue weighted by molar-refractivity contribution is 9.10. The molecule has 0 aromatic heterocycles. The van der Waals surface area contributed by atoms with Gasteiger partial charge >= 0.3 is 11.9 Å². The second-order valence-electron chi connectivity index (χ2n) is 5.24. The van der Waals surface area contributed by atoms with Gasteiger partial charge in [0.05, 0.1) is 13.2 Å². The summed E-state index contributed by atoms with van der Waals surface area (Å²) in [5.74, 6) is -0.633. The van der Waals surface area contributed by atoms with E-state index in [0.29, 0.717) is 16.8 Å². The van der Waals surface area contributed by atoms with Crippen LogP contribution in [0.2, 0.25) is 0 Å². The summed E-state index contributed by atoms with van der Waals surface area (Å²) in [6.07, 6.45) is 0.810. The Bertz CT molecular complexity index is 805. The smallest absolute Gasteiger partial charge is 0.347 e. The van der Waals surface area contributed by atoms with E-state index in [1.165, 1.54) is 0 Å². The van der Waals surface area contributed by atoms with Crippen LogP contribution in [0.1, 0.15) is 41.0 Å². The molecule has 0 saturated heterocycles. The summed E-state index contributed by atoms with van der Waals surface area (Å²) in [6.45, 7) is 4.39. The van der Waals surface area contributed by atoms with Crippen molar-refractivity contribution in [3.05, 3.63) is 56.5 Å². The maximum Gasteiger partial charge on any atom is 0.347 e. The molecule has 0 N–H and O–H groups in total. The molecule has 0 bridgehead atoms. The van der Waals surface area contributed by atoms with E-state index < -0.39 is 11.9 Å². The van der Waals surface area contributed by atoms with E-state index >= 15 is 0 Å². The molecule has 5 nitrogen and oxygen atoms in total. The molecule has 0 radical (unpaired) electrons. The van der Waals surface area contributed by atoms with Crippen molar-refractivity contribution in [2.75, 3.05) is 13.2 Å². The molecule has 2 aromatic carbocycles. The Morgan fingerprint density at radius 3 is 2.04 bits per heavy atom. The van der Waals surface area contributed by atoms with Crippen LogP contribution >= 0.6 is 31.9 Å². The van der Waals surface area contributed by atoms with Crippen molar-refractivity contribution in [1.82, 2.24) is 0 Å². The number of carbonyl (C=O) groups is 2. The fourth-order valence-corrected chi connectivity index (χ4v) is 2.84. The number of hydrogen-bond donors (Lipinski definition) is 0. The molecule has 0 aliphatic heterocycles. The molecule has 2 rings (SSSR count). The van der Waals surface area contributed by atoms with Gasteiger partial charge in [-0.1, -0.05) is 38.8 Å². The minimum Gasteiger partial charge on any atom is -0.493 e. The SMILES string of the molecule is CCCOc1ccc(Br)cc1C(=O)Oc1ccc(Br)cc1C(=O)OCC. The lowest BCUT2D eigenvalue weighted by atomic mass is 10.2. The Balaban J connectivity index is 2.33. The second-order valence-corrected chi connectivity index (χ2v) is 7.07. The summed E-state index contributed by atoms with van der Waals surface area (Å²) in [4.78, 5) is 24.8. The van der Waals surface area contributed by atoms with E-state index in [9.17, 15) is 9.59 Å². The van der Waals surface area contributed by atoms with Gasteiger partial charge in [0.1, 0.15) is 22.6 Å². The van der Waals surface area contributed by atoms with Crippen molar-refractivity contribution in [2.24, 2.45) is 0 Å². The predicted octanol–water partition coefficient (Wildman–Crippen LogP) is 5.40. The van der Waals surface area contributed by atoms with Crippen molar-refractivity contribution in [3.8, 4) is 11.5 Å². The Morgan fingerprint density at radius 1 is 0.885 bits per heavy atom. The normalized spacial score (nSPS) is 10.3. The minimum absolute atomic E-state index is 0.123. The first-order chi connectivity index (χ1) is 12.5. The predicted molar refractivity (Wildman–Crippen MR) is 105 cm³/mol. The maximum absolute atomic E-state index is 12.7. The summed E-state index contributed by atoms with van der Waals surface area (Å²) in [5.41, 5.74) is 0.436. The first-order valence-electron chi connectivity index (χ1n) is 8.07. The lowest BCUT2D eigenvalue weighted by Gasteiger charge is -2.13. The molecule has 7 heteroatoms. The van der Waals surface area contributed by atoms with E-state index in [2.05, 4.69) is 31.9 Å². The Morgan fingerprint density at radius 2 is 1.46 bits per heavy atom. The third kappa shape index (κ3) is 5.32. The number of rotatable bonds is 7. The van der Waals surface area contributed by atoms with Crippen LogP contribution in [0.15, 0.2) is 45.3 Å². The van der Waals surface area contributed by atoms with Crippen LogP contribution in [0, 0.1) is 0 Å². The summed E-state index contributed by atoms with van der Waals surface area (Å²) in [7, 11) is 0. The van der Waals surface area contributed by atoms with Gasteiger partial charge in [0, 0.05) is 8.95 Å². The van der Waals surface area contributed by atoms with Gasteiger partial charge < -0.3 is 14.2 Å². The molecule has 0 fully saturated rings. The number of hydrogen-bond acceptors (Lipinski definition) is 5. The monoisotopic (exact) mass is 484 g/mol. The molecule has 0 spiro atoms. The van der Waals surface area contributed by atoms with Gasteiger partial charge in [-0.05, 0) is 49.7 Å². The van der Waals surface area contributed by atoms with Crippen LogP contribution in [0.5, 0.6) is 11.5 Å². The van der Waals surface area contributed by atoms with Gasteiger partial charge in [0.2, 0.25) is 0 Å². The number of ether oxygens (including phenoxy) is 3. The van der Waals surface area contributed by atoms with Gasteiger partial charge in [-0.2, -0.15) is 0 Å². The molecule has 2 aromatic rings. The highest BCUT2D eigenvalue weighted by atomic mass is 79.9. The van der Waals surface area contributed by atoms with Crippen LogP contribution in [0.25, 0.3) is 0 Å². The van der Waals surface area contributed by atoms with E-state index in [1.807, 2.05) is 6.92 Å². The molecule has 26 heavy (non-hydrogen) atoms. The largest absolute Gasteiger partial charge is 0.493 e. The highest BCUT2D eigenvalue weighted by Gasteiger charge is 2.20. The van der Waals surface area contributed by atoms with Crippen molar-refractivity contribution < 1.29 is 23.8 Å². The fraction of sp³-hybridized carbons (Fsp3) is 0.263. The van der Waals surface area contributed by atoms with Crippen LogP contribution in [-0.2, 0) is 4.74 Å². The molecule has 0 saturated carbocycles. The first kappa shape index (κ1) is 20.5. The average Bonchev–Trinajstić information content (AvgIpc) is 2.62. The van der Waals surface area contributed by atoms with E-state index in [-0.39, 0.29) is 23.5 Å².